The monoisotopic (exact) mass is 273 g/mol. The number of nitrogens with two attached hydrogens (primary N) is 1. The lowest BCUT2D eigenvalue weighted by Crippen LogP contribution is -2.45. The van der Waals surface area contributed by atoms with Gasteiger partial charge in [-0.1, -0.05) is 12.1 Å². The van der Waals surface area contributed by atoms with Gasteiger partial charge < -0.3 is 16.3 Å². The Morgan fingerprint density at radius 2 is 2.12 bits per heavy atom. The zero-order valence-corrected chi connectivity index (χ0v) is 10.6. The van der Waals surface area contributed by atoms with Crippen LogP contribution in [-0.2, 0) is 0 Å². The summed E-state index contributed by atoms with van der Waals surface area (Å²) in [4.78, 5) is 0. The van der Waals surface area contributed by atoms with Crippen LogP contribution in [0, 0.1) is 5.92 Å². The first kappa shape index (κ1) is 16.4. The molecule has 2 unspecified atom stereocenters. The lowest BCUT2D eigenvalue weighted by atomic mass is 10.1. The van der Waals surface area contributed by atoms with Gasteiger partial charge >= 0.3 is 6.18 Å². The van der Waals surface area contributed by atoms with E-state index < -0.39 is 17.9 Å². The average molecular weight is 273 g/mol. The first-order valence-corrected chi connectivity index (χ1v) is 6.52. The number of thioether (sulfide) groups is 1. The van der Waals surface area contributed by atoms with E-state index in [1.165, 1.54) is 0 Å². The Morgan fingerprint density at radius 1 is 1.53 bits per heavy atom. The Bertz CT molecular complexity index is 248. The molecule has 0 fully saturated rings. The molecule has 0 radical (unpaired) electrons. The van der Waals surface area contributed by atoms with Gasteiger partial charge in [-0.25, -0.2) is 0 Å². The summed E-state index contributed by atoms with van der Waals surface area (Å²) in [7, 11) is 0. The highest BCUT2D eigenvalue weighted by atomic mass is 32.2. The zero-order chi connectivity index (χ0) is 13.5. The van der Waals surface area contributed by atoms with Gasteiger partial charge in [0.05, 0.1) is 0 Å². The Kier molecular flexibility index (Phi) is 7.37. The van der Waals surface area contributed by atoms with Gasteiger partial charge in [0, 0.05) is 18.3 Å². The van der Waals surface area contributed by atoms with Crippen LogP contribution in [0.3, 0.4) is 0 Å². The fourth-order valence-electron chi connectivity index (χ4n) is 1.26. The van der Waals surface area contributed by atoms with Crippen molar-refractivity contribution < 1.29 is 18.4 Å². The second kappa shape index (κ2) is 7.65. The fourth-order valence-corrected chi connectivity index (χ4v) is 2.02. The molecule has 0 heterocycles. The highest BCUT2D eigenvalue weighted by Gasteiger charge is 2.42. The van der Waals surface area contributed by atoms with Gasteiger partial charge in [0.1, 0.15) is 5.92 Å². The van der Waals surface area contributed by atoms with Crippen LogP contribution in [0.15, 0.2) is 5.16 Å². The third kappa shape index (κ3) is 6.02. The fraction of sp³-hybridized carbons (Fsp3) is 0.889. The van der Waals surface area contributed by atoms with E-state index in [4.69, 9.17) is 10.9 Å². The minimum Gasteiger partial charge on any atom is -0.409 e. The largest absolute Gasteiger partial charge is 0.409 e. The molecule has 0 aromatic rings. The quantitative estimate of drug-likeness (QED) is 0.285. The van der Waals surface area contributed by atoms with E-state index >= 15 is 0 Å². The van der Waals surface area contributed by atoms with Gasteiger partial charge in [-0.15, -0.1) is 0 Å². The number of halogens is 3. The number of hydrogen-bond acceptors (Lipinski definition) is 4. The van der Waals surface area contributed by atoms with E-state index in [2.05, 4.69) is 10.5 Å². The molecule has 0 bridgehead atoms. The summed E-state index contributed by atoms with van der Waals surface area (Å²) in [5, 5.41) is 13.5. The lowest BCUT2D eigenvalue weighted by Gasteiger charge is -2.22. The second-order valence-electron chi connectivity index (χ2n) is 3.59. The van der Waals surface area contributed by atoms with Crippen LogP contribution in [-0.4, -0.2) is 41.8 Å². The molecule has 0 saturated heterocycles. The molecule has 0 aliphatic carbocycles. The number of amidine groups is 1. The molecular weight excluding hydrogens is 255 g/mol. The second-order valence-corrected chi connectivity index (χ2v) is 4.50. The van der Waals surface area contributed by atoms with Crippen molar-refractivity contribution in [2.45, 2.75) is 25.6 Å². The Hall–Kier alpha value is -0.630. The van der Waals surface area contributed by atoms with Crippen LogP contribution in [0.1, 0.15) is 13.3 Å². The maximum Gasteiger partial charge on any atom is 0.400 e. The predicted octanol–water partition coefficient (Wildman–Crippen LogP) is 1.64. The van der Waals surface area contributed by atoms with Gasteiger partial charge in [-0.2, -0.15) is 24.9 Å². The van der Waals surface area contributed by atoms with Crippen molar-refractivity contribution in [1.82, 2.24) is 5.32 Å². The van der Waals surface area contributed by atoms with Crippen molar-refractivity contribution in [2.75, 3.05) is 18.6 Å². The Balaban J connectivity index is 4.46. The molecule has 2 atom stereocenters. The van der Waals surface area contributed by atoms with Gasteiger partial charge in [0.25, 0.3) is 0 Å². The van der Waals surface area contributed by atoms with Crippen LogP contribution in [0.2, 0.25) is 0 Å². The van der Waals surface area contributed by atoms with Crippen molar-refractivity contribution in [3.05, 3.63) is 0 Å². The summed E-state index contributed by atoms with van der Waals surface area (Å²) in [5.74, 6) is -2.05. The minimum absolute atomic E-state index is 0.0126. The zero-order valence-electron chi connectivity index (χ0n) is 9.79. The minimum atomic E-state index is -4.51. The molecule has 102 valence electrons. The summed E-state index contributed by atoms with van der Waals surface area (Å²) >= 11 is 1.55. The standard InChI is InChI=1S/C9H18F3N3OS/c1-3-6(5-17-2)14-4-7(8(13)15-16)9(10,11)12/h6-7,14,16H,3-5H2,1-2H3,(H2,13,15). The van der Waals surface area contributed by atoms with Gasteiger partial charge in [0.2, 0.25) is 0 Å². The van der Waals surface area contributed by atoms with E-state index in [1.807, 2.05) is 13.2 Å². The van der Waals surface area contributed by atoms with Gasteiger partial charge in [-0.05, 0) is 12.7 Å². The topological polar surface area (TPSA) is 70.6 Å². The molecule has 17 heavy (non-hydrogen) atoms. The van der Waals surface area contributed by atoms with Crippen molar-refractivity contribution in [3.8, 4) is 0 Å². The normalized spacial score (nSPS) is 16.9. The SMILES string of the molecule is CCC(CSC)NCC(C(N)=NO)C(F)(F)F. The molecule has 4 nitrogen and oxygen atoms in total. The van der Waals surface area contributed by atoms with Crippen molar-refractivity contribution >= 4 is 17.6 Å². The molecule has 0 aliphatic rings. The molecule has 8 heteroatoms. The van der Waals surface area contributed by atoms with Crippen LogP contribution in [0.25, 0.3) is 0 Å². The molecule has 0 amide bonds. The lowest BCUT2D eigenvalue weighted by molar-refractivity contribution is -0.155. The molecule has 0 aliphatic heterocycles. The number of hydrogen-bond donors (Lipinski definition) is 3. The number of nitrogens with one attached hydrogen (secondary N) is 1. The first-order valence-electron chi connectivity index (χ1n) is 5.13. The van der Waals surface area contributed by atoms with Gasteiger partial charge in [0.15, 0.2) is 5.84 Å². The Labute approximate surface area is 103 Å². The third-order valence-electron chi connectivity index (χ3n) is 2.34. The molecule has 0 spiro atoms. The van der Waals surface area contributed by atoms with E-state index in [0.29, 0.717) is 0 Å². The van der Waals surface area contributed by atoms with E-state index in [-0.39, 0.29) is 12.6 Å². The number of nitrogens with zero attached hydrogens (tertiary/aromatic N) is 1. The van der Waals surface area contributed by atoms with Crippen LogP contribution in [0.5, 0.6) is 0 Å². The molecule has 0 aromatic heterocycles. The van der Waals surface area contributed by atoms with Crippen LogP contribution < -0.4 is 11.1 Å². The van der Waals surface area contributed by atoms with Crippen LogP contribution in [0.4, 0.5) is 13.2 Å². The average Bonchev–Trinajstić information content (AvgIpc) is 2.25. The van der Waals surface area contributed by atoms with E-state index in [9.17, 15) is 13.2 Å². The smallest absolute Gasteiger partial charge is 0.400 e. The number of oxime groups is 1. The molecule has 0 rings (SSSR count). The van der Waals surface area contributed by atoms with E-state index in [0.717, 1.165) is 12.2 Å². The summed E-state index contributed by atoms with van der Waals surface area (Å²) < 4.78 is 37.7. The molecule has 0 aromatic carbocycles. The Morgan fingerprint density at radius 3 is 2.47 bits per heavy atom. The predicted molar refractivity (Wildman–Crippen MR) is 63.4 cm³/mol. The molecule has 0 saturated carbocycles. The maximum atomic E-state index is 12.6. The summed E-state index contributed by atoms with van der Waals surface area (Å²) in [6.45, 7) is 1.51. The molecular formula is C9H18F3N3OS. The first-order chi connectivity index (χ1) is 7.86. The van der Waals surface area contributed by atoms with Crippen LogP contribution >= 0.6 is 11.8 Å². The van der Waals surface area contributed by atoms with E-state index in [1.54, 1.807) is 11.8 Å². The van der Waals surface area contributed by atoms with Gasteiger partial charge in [-0.3, -0.25) is 0 Å². The highest BCUT2D eigenvalue weighted by Crippen LogP contribution is 2.26. The number of rotatable bonds is 7. The summed E-state index contributed by atoms with van der Waals surface area (Å²) in [6.07, 6.45) is -1.91. The summed E-state index contributed by atoms with van der Waals surface area (Å²) in [6, 6.07) is -0.0126. The maximum absolute atomic E-state index is 12.6. The third-order valence-corrected chi connectivity index (χ3v) is 3.07. The summed E-state index contributed by atoms with van der Waals surface area (Å²) in [5.41, 5.74) is 5.04. The molecule has 4 N–H and O–H groups in total. The van der Waals surface area contributed by atoms with Crippen molar-refractivity contribution in [2.24, 2.45) is 16.8 Å². The number of alkyl halides is 3. The van der Waals surface area contributed by atoms with Crippen molar-refractivity contribution in [1.29, 1.82) is 0 Å². The highest BCUT2D eigenvalue weighted by molar-refractivity contribution is 7.98. The van der Waals surface area contributed by atoms with Crippen molar-refractivity contribution in [3.63, 3.8) is 0 Å².